The Labute approximate surface area is 152 Å². The highest BCUT2D eigenvalue weighted by Gasteiger charge is 2.34. The lowest BCUT2D eigenvalue weighted by atomic mass is 9.97. The van der Waals surface area contributed by atoms with Crippen LogP contribution in [0.2, 0.25) is 5.02 Å². The fourth-order valence-electron chi connectivity index (χ4n) is 3.11. The van der Waals surface area contributed by atoms with Crippen molar-refractivity contribution in [2.24, 2.45) is 0 Å². The number of hydrogen-bond acceptors (Lipinski definition) is 3. The molecule has 0 saturated carbocycles. The first-order chi connectivity index (χ1) is 11.6. The van der Waals surface area contributed by atoms with Crippen LogP contribution in [-0.2, 0) is 6.42 Å². The van der Waals surface area contributed by atoms with E-state index in [-0.39, 0.29) is 17.0 Å². The molecule has 1 aromatic carbocycles. The lowest BCUT2D eigenvalue weighted by Crippen LogP contribution is -2.39. The fourth-order valence-corrected chi connectivity index (χ4v) is 5.11. The standard InChI is InChI=1S/C18H13ClFNOS2/c19-14-10-11(20)3-4-12(14)18(22)21-7-5-15-13(6-9-24-15)17(21)16-2-1-8-23-16/h1-4,6,8-10,17H,5,7H2. The van der Waals surface area contributed by atoms with Crippen LogP contribution in [0.25, 0.3) is 0 Å². The Morgan fingerprint density at radius 1 is 1.21 bits per heavy atom. The normalized spacial score (nSPS) is 16.9. The minimum Gasteiger partial charge on any atom is -0.326 e. The second-order valence-electron chi connectivity index (χ2n) is 5.59. The topological polar surface area (TPSA) is 20.3 Å². The zero-order chi connectivity index (χ0) is 16.7. The summed E-state index contributed by atoms with van der Waals surface area (Å²) in [5.41, 5.74) is 1.53. The quantitative estimate of drug-likeness (QED) is 0.586. The largest absolute Gasteiger partial charge is 0.326 e. The smallest absolute Gasteiger partial charge is 0.256 e. The number of halogens is 2. The van der Waals surface area contributed by atoms with E-state index in [2.05, 4.69) is 17.5 Å². The summed E-state index contributed by atoms with van der Waals surface area (Å²) in [6.45, 7) is 0.628. The molecule has 0 saturated heterocycles. The van der Waals surface area contributed by atoms with E-state index in [1.807, 2.05) is 16.3 Å². The molecule has 122 valence electrons. The molecule has 3 aromatic rings. The van der Waals surface area contributed by atoms with Gasteiger partial charge in [0.25, 0.3) is 5.91 Å². The van der Waals surface area contributed by atoms with Gasteiger partial charge in [-0.25, -0.2) is 4.39 Å². The van der Waals surface area contributed by atoms with E-state index >= 15 is 0 Å². The number of thiophene rings is 2. The van der Waals surface area contributed by atoms with Crippen LogP contribution in [0.5, 0.6) is 0 Å². The van der Waals surface area contributed by atoms with E-state index in [9.17, 15) is 9.18 Å². The van der Waals surface area contributed by atoms with E-state index in [0.717, 1.165) is 11.3 Å². The minimum absolute atomic E-state index is 0.103. The average Bonchev–Trinajstić information content (AvgIpc) is 3.24. The Morgan fingerprint density at radius 3 is 2.83 bits per heavy atom. The molecule has 0 spiro atoms. The number of amides is 1. The summed E-state index contributed by atoms with van der Waals surface area (Å²) >= 11 is 9.48. The summed E-state index contributed by atoms with van der Waals surface area (Å²) in [6.07, 6.45) is 0.833. The fraction of sp³-hybridized carbons (Fsp3) is 0.167. The van der Waals surface area contributed by atoms with Crippen molar-refractivity contribution >= 4 is 40.2 Å². The molecular weight excluding hydrogens is 365 g/mol. The van der Waals surface area contributed by atoms with Crippen LogP contribution in [0.3, 0.4) is 0 Å². The third kappa shape index (κ3) is 2.66. The van der Waals surface area contributed by atoms with Gasteiger partial charge in [0.2, 0.25) is 0 Å². The molecule has 2 aromatic heterocycles. The van der Waals surface area contributed by atoms with E-state index in [4.69, 9.17) is 11.6 Å². The molecule has 1 unspecified atom stereocenters. The van der Waals surface area contributed by atoms with Gasteiger partial charge in [-0.15, -0.1) is 22.7 Å². The van der Waals surface area contributed by atoms with Gasteiger partial charge in [0.05, 0.1) is 16.6 Å². The molecule has 0 fully saturated rings. The van der Waals surface area contributed by atoms with Gasteiger partial charge in [-0.2, -0.15) is 0 Å². The van der Waals surface area contributed by atoms with Gasteiger partial charge in [-0.1, -0.05) is 17.7 Å². The SMILES string of the molecule is O=C(c1ccc(F)cc1Cl)N1CCc2sccc2C1c1cccs1. The van der Waals surface area contributed by atoms with Crippen LogP contribution in [0.15, 0.2) is 47.2 Å². The van der Waals surface area contributed by atoms with Crippen LogP contribution in [0, 0.1) is 5.82 Å². The van der Waals surface area contributed by atoms with Crippen LogP contribution in [0.4, 0.5) is 4.39 Å². The summed E-state index contributed by atoms with van der Waals surface area (Å²) in [5, 5.41) is 4.24. The van der Waals surface area contributed by atoms with Crippen LogP contribution in [-0.4, -0.2) is 17.4 Å². The van der Waals surface area contributed by atoms with E-state index in [0.29, 0.717) is 12.1 Å². The maximum Gasteiger partial charge on any atom is 0.256 e. The van der Waals surface area contributed by atoms with Crippen molar-refractivity contribution in [1.82, 2.24) is 4.90 Å². The molecule has 3 heterocycles. The molecule has 1 aliphatic heterocycles. The van der Waals surface area contributed by atoms with Crippen LogP contribution >= 0.6 is 34.3 Å². The zero-order valence-corrected chi connectivity index (χ0v) is 14.9. The van der Waals surface area contributed by atoms with Crippen LogP contribution in [0.1, 0.15) is 31.7 Å². The van der Waals surface area contributed by atoms with E-state index in [1.165, 1.54) is 28.6 Å². The van der Waals surface area contributed by atoms with Gasteiger partial charge in [-0.3, -0.25) is 4.79 Å². The molecule has 1 atom stereocenters. The predicted molar refractivity (Wildman–Crippen MR) is 96.6 cm³/mol. The zero-order valence-electron chi connectivity index (χ0n) is 12.5. The Hall–Kier alpha value is -1.69. The average molecular weight is 378 g/mol. The van der Waals surface area contributed by atoms with Gasteiger partial charge in [0.1, 0.15) is 5.82 Å². The third-order valence-electron chi connectivity index (χ3n) is 4.20. The van der Waals surface area contributed by atoms with Crippen molar-refractivity contribution in [2.75, 3.05) is 6.54 Å². The predicted octanol–water partition coefficient (Wildman–Crippen LogP) is 5.39. The van der Waals surface area contributed by atoms with Crippen molar-refractivity contribution in [3.63, 3.8) is 0 Å². The van der Waals surface area contributed by atoms with Crippen molar-refractivity contribution in [2.45, 2.75) is 12.5 Å². The molecule has 2 nitrogen and oxygen atoms in total. The molecule has 1 aliphatic rings. The summed E-state index contributed by atoms with van der Waals surface area (Å²) < 4.78 is 13.3. The molecule has 0 bridgehead atoms. The third-order valence-corrected chi connectivity index (χ3v) is 6.43. The van der Waals surface area contributed by atoms with Crippen molar-refractivity contribution in [3.8, 4) is 0 Å². The second-order valence-corrected chi connectivity index (χ2v) is 7.98. The number of rotatable bonds is 2. The van der Waals surface area contributed by atoms with Gasteiger partial charge in [-0.05, 0) is 53.1 Å². The highest BCUT2D eigenvalue weighted by atomic mass is 35.5. The van der Waals surface area contributed by atoms with Gasteiger partial charge in [0, 0.05) is 16.3 Å². The van der Waals surface area contributed by atoms with E-state index in [1.54, 1.807) is 22.7 Å². The van der Waals surface area contributed by atoms with Gasteiger partial charge < -0.3 is 4.90 Å². The summed E-state index contributed by atoms with van der Waals surface area (Å²) in [5.74, 6) is -0.597. The Kier molecular flexibility index (Phi) is 4.16. The number of nitrogens with zero attached hydrogens (tertiary/aromatic N) is 1. The summed E-state index contributed by atoms with van der Waals surface area (Å²) in [7, 11) is 0. The summed E-state index contributed by atoms with van der Waals surface area (Å²) in [6, 6.07) is 9.97. The van der Waals surface area contributed by atoms with Gasteiger partial charge >= 0.3 is 0 Å². The minimum atomic E-state index is -0.440. The molecule has 4 rings (SSSR count). The number of carbonyl (C=O) groups is 1. The molecule has 1 amide bonds. The molecular formula is C18H13ClFNOS2. The Morgan fingerprint density at radius 2 is 2.08 bits per heavy atom. The first-order valence-electron chi connectivity index (χ1n) is 7.51. The number of carbonyl (C=O) groups excluding carboxylic acids is 1. The molecule has 0 aliphatic carbocycles. The van der Waals surface area contributed by atoms with Crippen LogP contribution < -0.4 is 0 Å². The van der Waals surface area contributed by atoms with Crippen molar-refractivity contribution in [3.05, 3.63) is 78.9 Å². The highest BCUT2D eigenvalue weighted by molar-refractivity contribution is 7.10. The first-order valence-corrected chi connectivity index (χ1v) is 9.64. The van der Waals surface area contributed by atoms with E-state index < -0.39 is 5.82 Å². The maximum absolute atomic E-state index is 13.3. The van der Waals surface area contributed by atoms with Crippen molar-refractivity contribution < 1.29 is 9.18 Å². The lowest BCUT2D eigenvalue weighted by molar-refractivity contribution is 0.0699. The lowest BCUT2D eigenvalue weighted by Gasteiger charge is -2.35. The molecule has 0 N–H and O–H groups in total. The summed E-state index contributed by atoms with van der Waals surface area (Å²) in [4.78, 5) is 17.4. The second kappa shape index (κ2) is 6.31. The monoisotopic (exact) mass is 377 g/mol. The Balaban J connectivity index is 1.77. The highest BCUT2D eigenvalue weighted by Crippen LogP contribution is 2.40. The Bertz CT molecular complexity index is 890. The van der Waals surface area contributed by atoms with Gasteiger partial charge in [0.15, 0.2) is 0 Å². The number of fused-ring (bicyclic) bond motifs is 1. The number of benzene rings is 1. The molecule has 6 heteroatoms. The maximum atomic E-state index is 13.3. The molecule has 0 radical (unpaired) electrons. The first kappa shape index (κ1) is 15.8. The molecule has 24 heavy (non-hydrogen) atoms. The number of hydrogen-bond donors (Lipinski definition) is 0. The van der Waals surface area contributed by atoms with Crippen molar-refractivity contribution in [1.29, 1.82) is 0 Å².